The molecule has 1 aromatic carbocycles. The smallest absolute Gasteiger partial charge is 0.185 e. The fraction of sp³-hybridized carbons (Fsp3) is 0.417. The Bertz CT molecular complexity index is 289. The molecule has 0 radical (unpaired) electrons. The summed E-state index contributed by atoms with van der Waals surface area (Å²) in [6, 6.07) is 9.58. The van der Waals surface area contributed by atoms with Crippen molar-refractivity contribution in [2.75, 3.05) is 5.32 Å². The van der Waals surface area contributed by atoms with Crippen molar-refractivity contribution in [2.45, 2.75) is 31.2 Å². The van der Waals surface area contributed by atoms with Gasteiger partial charge >= 0.3 is 49.5 Å². The number of hydrazine groups is 1. The van der Waals surface area contributed by atoms with Crippen LogP contribution in [0.4, 0.5) is 5.69 Å². The Morgan fingerprint density at radius 1 is 1.29 bits per heavy atom. The maximum Gasteiger partial charge on any atom is 0.185 e. The van der Waals surface area contributed by atoms with Crippen LogP contribution in [0.25, 0.3) is 0 Å². The zero-order valence-electron chi connectivity index (χ0n) is 10.1. The van der Waals surface area contributed by atoms with E-state index in [-0.39, 0.29) is 0 Å². The topological polar surface area (TPSA) is 50.1 Å². The van der Waals surface area contributed by atoms with E-state index in [4.69, 9.17) is 18.1 Å². The van der Waals surface area contributed by atoms with Gasteiger partial charge in [-0.1, -0.05) is 18.2 Å². The van der Waals surface area contributed by atoms with Gasteiger partial charge in [0.1, 0.15) is 0 Å². The van der Waals surface area contributed by atoms with E-state index in [2.05, 4.69) is 36.0 Å². The number of benzene rings is 1. The second-order valence-electron chi connectivity index (χ2n) is 3.35. The number of unbranched alkanes of at least 4 members (excludes halogenated alkanes) is 2. The van der Waals surface area contributed by atoms with Crippen LogP contribution in [0.2, 0.25) is 5.02 Å². The molecule has 1 rings (SSSR count). The Balaban J connectivity index is 0.000000366. The number of nitrogens with one attached hydrogen (secondary N) is 2. The molecular formula is C12H20N3RuS. The Morgan fingerprint density at radius 2 is 1.94 bits per heavy atom. The quantitative estimate of drug-likeness (QED) is 0.259. The predicted octanol–water partition coefficient (Wildman–Crippen LogP) is 2.99. The molecule has 3 nitrogen and oxygen atoms in total. The van der Waals surface area contributed by atoms with Gasteiger partial charge in [0.15, 0.2) is 5.11 Å². The van der Waals surface area contributed by atoms with Gasteiger partial charge in [0.25, 0.3) is 0 Å². The Morgan fingerprint density at radius 3 is 2.35 bits per heavy atom. The Kier molecular flexibility index (Phi) is 11.6. The monoisotopic (exact) mass is 340 g/mol. The van der Waals surface area contributed by atoms with E-state index < -0.39 is 0 Å². The molecule has 0 saturated carbocycles. The van der Waals surface area contributed by atoms with Crippen molar-refractivity contribution in [2.24, 2.45) is 5.84 Å². The first-order chi connectivity index (χ1) is 8.24. The van der Waals surface area contributed by atoms with E-state index in [0.717, 1.165) is 5.69 Å². The summed E-state index contributed by atoms with van der Waals surface area (Å²) >= 11 is 7.44. The molecule has 0 bridgehead atoms. The SMILES string of the molecule is CCCC[CH2][Ru].NNC(=S)Nc1ccccc1. The van der Waals surface area contributed by atoms with Gasteiger partial charge < -0.3 is 10.7 Å². The van der Waals surface area contributed by atoms with Crippen LogP contribution in [0.15, 0.2) is 30.3 Å². The van der Waals surface area contributed by atoms with Crippen molar-refractivity contribution in [1.29, 1.82) is 0 Å². The molecule has 0 amide bonds. The largest absolute Gasteiger partial charge is 0.332 e. The summed E-state index contributed by atoms with van der Waals surface area (Å²) in [6.45, 7) is 2.22. The van der Waals surface area contributed by atoms with Crippen LogP contribution in [0.1, 0.15) is 26.2 Å². The number of anilines is 1. The number of para-hydroxylation sites is 1. The maximum absolute atomic E-state index is 5.07. The summed E-state index contributed by atoms with van der Waals surface area (Å²) in [4.78, 5) is 0. The molecule has 1 aromatic rings. The van der Waals surface area contributed by atoms with Crippen molar-refractivity contribution in [3.8, 4) is 0 Å². The minimum atomic E-state index is 0.413. The standard InChI is InChI=1S/C7H9N3S.C5H11.Ru/c8-10-7(11)9-6-4-2-1-3-5-6;1-3-5-4-2;/h1-5H,8H2,(H2,9,10,11);1,3-5H2,2H3;. The van der Waals surface area contributed by atoms with Gasteiger partial charge in [-0.2, -0.15) is 0 Å². The third-order valence-corrected chi connectivity index (χ3v) is 2.73. The van der Waals surface area contributed by atoms with Crippen molar-refractivity contribution < 1.29 is 18.3 Å². The Labute approximate surface area is 119 Å². The molecule has 0 unspecified atom stereocenters. The number of hydrogen-bond donors (Lipinski definition) is 3. The molecule has 97 valence electrons. The summed E-state index contributed by atoms with van der Waals surface area (Å²) < 4.78 is 0. The third kappa shape index (κ3) is 10.4. The minimum absolute atomic E-state index is 0.413. The molecule has 0 atom stereocenters. The zero-order valence-corrected chi connectivity index (χ0v) is 12.6. The summed E-state index contributed by atoms with van der Waals surface area (Å²) in [6.07, 6.45) is 4.12. The first kappa shape index (κ1) is 16.5. The molecule has 17 heavy (non-hydrogen) atoms. The fourth-order valence-corrected chi connectivity index (χ4v) is 1.58. The van der Waals surface area contributed by atoms with Crippen LogP contribution in [0.5, 0.6) is 0 Å². The van der Waals surface area contributed by atoms with Crippen LogP contribution in [0.3, 0.4) is 0 Å². The van der Waals surface area contributed by atoms with E-state index in [0.29, 0.717) is 5.11 Å². The summed E-state index contributed by atoms with van der Waals surface area (Å²) in [5.74, 6) is 5.07. The van der Waals surface area contributed by atoms with Crippen molar-refractivity contribution in [3.05, 3.63) is 30.3 Å². The van der Waals surface area contributed by atoms with E-state index >= 15 is 0 Å². The van der Waals surface area contributed by atoms with Crippen LogP contribution >= 0.6 is 12.2 Å². The predicted molar refractivity (Wildman–Crippen MR) is 74.3 cm³/mol. The van der Waals surface area contributed by atoms with Crippen molar-refractivity contribution >= 4 is 23.0 Å². The van der Waals surface area contributed by atoms with Gasteiger partial charge in [-0.3, -0.25) is 0 Å². The molecule has 0 aliphatic rings. The molecule has 0 saturated heterocycles. The number of rotatable bonds is 4. The van der Waals surface area contributed by atoms with Crippen LogP contribution in [0, 0.1) is 0 Å². The third-order valence-electron chi connectivity index (χ3n) is 1.89. The van der Waals surface area contributed by atoms with Gasteiger partial charge in [-0.15, -0.1) is 0 Å². The summed E-state index contributed by atoms with van der Waals surface area (Å²) in [5.41, 5.74) is 3.26. The van der Waals surface area contributed by atoms with Crippen molar-refractivity contribution in [3.63, 3.8) is 0 Å². The number of nitrogens with two attached hydrogens (primary N) is 1. The molecule has 0 spiro atoms. The van der Waals surface area contributed by atoms with E-state index in [1.165, 1.54) is 24.3 Å². The molecule has 0 aliphatic carbocycles. The van der Waals surface area contributed by atoms with Crippen LogP contribution < -0.4 is 16.6 Å². The average molecular weight is 339 g/mol. The molecule has 5 heteroatoms. The fourth-order valence-electron chi connectivity index (χ4n) is 1.03. The van der Waals surface area contributed by atoms with Gasteiger partial charge in [-0.25, -0.2) is 5.84 Å². The molecule has 0 heterocycles. The molecule has 0 aromatic heterocycles. The summed E-state index contributed by atoms with van der Waals surface area (Å²) in [7, 11) is 0. The van der Waals surface area contributed by atoms with E-state index in [1.54, 1.807) is 0 Å². The van der Waals surface area contributed by atoms with Gasteiger partial charge in [0.05, 0.1) is 0 Å². The first-order valence-electron chi connectivity index (χ1n) is 5.61. The zero-order chi connectivity index (χ0) is 12.9. The molecular weight excluding hydrogens is 319 g/mol. The number of thiocarbonyl (C=S) groups is 1. The van der Waals surface area contributed by atoms with Gasteiger partial charge in [-0.05, 0) is 24.4 Å². The maximum atomic E-state index is 5.07. The molecule has 0 fully saturated rings. The molecule has 0 aliphatic heterocycles. The van der Waals surface area contributed by atoms with Crippen LogP contribution in [-0.2, 0) is 18.3 Å². The van der Waals surface area contributed by atoms with Gasteiger partial charge in [0.2, 0.25) is 0 Å². The molecule has 4 N–H and O–H groups in total. The first-order valence-corrected chi connectivity index (χ1v) is 7.25. The van der Waals surface area contributed by atoms with E-state index in [9.17, 15) is 0 Å². The van der Waals surface area contributed by atoms with Gasteiger partial charge in [0, 0.05) is 5.69 Å². The van der Waals surface area contributed by atoms with Crippen LogP contribution in [-0.4, -0.2) is 5.11 Å². The second-order valence-corrected chi connectivity index (χ2v) is 4.63. The minimum Gasteiger partial charge on any atom is -0.332 e. The van der Waals surface area contributed by atoms with Crippen molar-refractivity contribution in [1.82, 2.24) is 5.43 Å². The Hall–Kier alpha value is -0.507. The number of hydrogen-bond acceptors (Lipinski definition) is 2. The second kappa shape index (κ2) is 12.0. The van der Waals surface area contributed by atoms with E-state index in [1.807, 2.05) is 30.3 Å². The summed E-state index contributed by atoms with van der Waals surface area (Å²) in [5, 5.41) is 4.59. The average Bonchev–Trinajstić information content (AvgIpc) is 2.38. The normalized spacial score (nSPS) is 8.88.